The average Bonchev–Trinajstić information content (AvgIpc) is 2.27. The fourth-order valence-electron chi connectivity index (χ4n) is 1.46. The summed E-state index contributed by atoms with van der Waals surface area (Å²) in [6, 6.07) is 0. The van der Waals surface area contributed by atoms with Crippen LogP contribution < -0.4 is 10.6 Å². The quantitative estimate of drug-likeness (QED) is 0.852. The maximum absolute atomic E-state index is 5.90. The first-order chi connectivity index (χ1) is 7.20. The molecule has 82 valence electrons. The summed E-state index contributed by atoms with van der Waals surface area (Å²) < 4.78 is 6.95. The molecule has 0 atom stereocenters. The largest absolute Gasteiger partial charge is 0.397 e. The lowest BCUT2D eigenvalue weighted by Gasteiger charge is -2.28. The fourth-order valence-corrected chi connectivity index (χ4v) is 2.60. The smallest absolute Gasteiger partial charge is 0.145 e. The summed E-state index contributed by atoms with van der Waals surface area (Å²) in [4.78, 5) is 6.52. The normalized spacial score (nSPS) is 16.8. The number of nitrogens with two attached hydrogens (primary N) is 1. The number of morpholine rings is 1. The van der Waals surface area contributed by atoms with Crippen molar-refractivity contribution in [3.63, 3.8) is 0 Å². The van der Waals surface area contributed by atoms with Crippen LogP contribution in [0.25, 0.3) is 0 Å². The number of nitrogen functional groups attached to an aromatic ring is 1. The van der Waals surface area contributed by atoms with Crippen LogP contribution in [0.3, 0.4) is 0 Å². The first-order valence-corrected chi connectivity index (χ1v) is 6.21. The SMILES string of the molecule is Nc1c(Br)cnc(N2CCOCC2)c1Br. The molecule has 0 spiro atoms. The second-order valence-electron chi connectivity index (χ2n) is 3.26. The van der Waals surface area contributed by atoms with E-state index in [0.29, 0.717) is 5.69 Å². The van der Waals surface area contributed by atoms with E-state index < -0.39 is 0 Å². The molecule has 1 aliphatic heterocycles. The van der Waals surface area contributed by atoms with Gasteiger partial charge in [-0.15, -0.1) is 0 Å². The van der Waals surface area contributed by atoms with Crippen molar-refractivity contribution < 1.29 is 4.74 Å². The monoisotopic (exact) mass is 335 g/mol. The second kappa shape index (κ2) is 4.67. The van der Waals surface area contributed by atoms with Gasteiger partial charge in [0.2, 0.25) is 0 Å². The zero-order valence-corrected chi connectivity index (χ0v) is 11.2. The molecule has 0 amide bonds. The first-order valence-electron chi connectivity index (χ1n) is 4.62. The molecule has 0 unspecified atom stereocenters. The Bertz CT molecular complexity index is 367. The van der Waals surface area contributed by atoms with Crippen molar-refractivity contribution >= 4 is 43.4 Å². The highest BCUT2D eigenvalue weighted by molar-refractivity contribution is 9.11. The molecule has 0 bridgehead atoms. The summed E-state index contributed by atoms with van der Waals surface area (Å²) in [6.45, 7) is 3.19. The summed E-state index contributed by atoms with van der Waals surface area (Å²) in [5, 5.41) is 0. The molecule has 1 aromatic heterocycles. The van der Waals surface area contributed by atoms with Crippen molar-refractivity contribution in [2.24, 2.45) is 0 Å². The van der Waals surface area contributed by atoms with Gasteiger partial charge in [0.1, 0.15) is 5.82 Å². The van der Waals surface area contributed by atoms with Crippen LogP contribution in [0.2, 0.25) is 0 Å². The van der Waals surface area contributed by atoms with Gasteiger partial charge in [-0.1, -0.05) is 0 Å². The number of anilines is 2. The van der Waals surface area contributed by atoms with E-state index in [1.807, 2.05) is 0 Å². The van der Waals surface area contributed by atoms with Crippen molar-refractivity contribution in [3.8, 4) is 0 Å². The van der Waals surface area contributed by atoms with Crippen molar-refractivity contribution in [1.29, 1.82) is 0 Å². The molecule has 4 nitrogen and oxygen atoms in total. The molecule has 15 heavy (non-hydrogen) atoms. The van der Waals surface area contributed by atoms with Crippen LogP contribution in [-0.4, -0.2) is 31.3 Å². The number of rotatable bonds is 1. The van der Waals surface area contributed by atoms with Crippen LogP contribution in [0.4, 0.5) is 11.5 Å². The highest BCUT2D eigenvalue weighted by atomic mass is 79.9. The van der Waals surface area contributed by atoms with E-state index in [9.17, 15) is 0 Å². The predicted molar refractivity (Wildman–Crippen MR) is 67.1 cm³/mol. The average molecular weight is 337 g/mol. The standard InChI is InChI=1S/C9H11Br2N3O/c10-6-5-13-9(7(11)8(6)12)14-1-3-15-4-2-14/h5H,1-4H2,(H2,12,13). The first kappa shape index (κ1) is 11.2. The molecule has 0 aliphatic carbocycles. The third-order valence-corrected chi connectivity index (χ3v) is 3.71. The minimum absolute atomic E-state index is 0.687. The Morgan fingerprint density at radius 2 is 2.00 bits per heavy atom. The number of halogens is 2. The fraction of sp³-hybridized carbons (Fsp3) is 0.444. The van der Waals surface area contributed by atoms with Crippen molar-refractivity contribution in [2.75, 3.05) is 36.9 Å². The minimum Gasteiger partial charge on any atom is -0.397 e. The van der Waals surface area contributed by atoms with E-state index in [1.165, 1.54) is 0 Å². The van der Waals surface area contributed by atoms with E-state index in [1.54, 1.807) is 6.20 Å². The van der Waals surface area contributed by atoms with Crippen LogP contribution in [-0.2, 0) is 4.74 Å². The van der Waals surface area contributed by atoms with E-state index in [0.717, 1.165) is 41.1 Å². The van der Waals surface area contributed by atoms with Crippen LogP contribution in [0, 0.1) is 0 Å². The predicted octanol–water partition coefficient (Wildman–Crippen LogP) is 2.03. The lowest BCUT2D eigenvalue weighted by Crippen LogP contribution is -2.37. The van der Waals surface area contributed by atoms with Crippen LogP contribution in [0.15, 0.2) is 15.1 Å². The summed E-state index contributed by atoms with van der Waals surface area (Å²) in [7, 11) is 0. The lowest BCUT2D eigenvalue weighted by molar-refractivity contribution is 0.122. The number of aromatic nitrogens is 1. The molecule has 1 fully saturated rings. The second-order valence-corrected chi connectivity index (χ2v) is 4.90. The van der Waals surface area contributed by atoms with Crippen LogP contribution >= 0.6 is 31.9 Å². The topological polar surface area (TPSA) is 51.4 Å². The van der Waals surface area contributed by atoms with Gasteiger partial charge in [-0.05, 0) is 31.9 Å². The maximum atomic E-state index is 5.90. The van der Waals surface area contributed by atoms with E-state index in [2.05, 4.69) is 41.7 Å². The number of hydrogen-bond acceptors (Lipinski definition) is 4. The minimum atomic E-state index is 0.687. The number of hydrogen-bond donors (Lipinski definition) is 1. The number of pyridine rings is 1. The Morgan fingerprint density at radius 1 is 1.33 bits per heavy atom. The zero-order valence-electron chi connectivity index (χ0n) is 8.04. The number of ether oxygens (including phenoxy) is 1. The molecule has 6 heteroatoms. The third-order valence-electron chi connectivity index (χ3n) is 2.30. The van der Waals surface area contributed by atoms with E-state index in [4.69, 9.17) is 10.5 Å². The molecule has 0 aromatic carbocycles. The molecule has 0 saturated carbocycles. The van der Waals surface area contributed by atoms with E-state index in [-0.39, 0.29) is 0 Å². The molecule has 2 rings (SSSR count). The summed E-state index contributed by atoms with van der Waals surface area (Å²) in [6.07, 6.45) is 1.73. The van der Waals surface area contributed by atoms with E-state index >= 15 is 0 Å². The summed E-state index contributed by atoms with van der Waals surface area (Å²) >= 11 is 6.81. The molecule has 1 aliphatic rings. The lowest BCUT2D eigenvalue weighted by atomic mass is 10.3. The van der Waals surface area contributed by atoms with Crippen LogP contribution in [0.5, 0.6) is 0 Å². The highest BCUT2D eigenvalue weighted by Crippen LogP contribution is 2.34. The Kier molecular flexibility index (Phi) is 3.48. The summed E-state index contributed by atoms with van der Waals surface area (Å²) in [5.41, 5.74) is 6.58. The Hall–Kier alpha value is -0.330. The van der Waals surface area contributed by atoms with Gasteiger partial charge in [-0.3, -0.25) is 0 Å². The van der Waals surface area contributed by atoms with Gasteiger partial charge in [0.05, 0.1) is 27.8 Å². The Labute approximate surface area is 105 Å². The van der Waals surface area contributed by atoms with Crippen molar-refractivity contribution in [3.05, 3.63) is 15.1 Å². The maximum Gasteiger partial charge on any atom is 0.145 e. The van der Waals surface area contributed by atoms with Gasteiger partial charge >= 0.3 is 0 Å². The summed E-state index contributed by atoms with van der Waals surface area (Å²) in [5.74, 6) is 0.888. The molecule has 1 saturated heterocycles. The van der Waals surface area contributed by atoms with Gasteiger partial charge in [0.15, 0.2) is 0 Å². The van der Waals surface area contributed by atoms with Gasteiger partial charge < -0.3 is 15.4 Å². The molecule has 0 radical (unpaired) electrons. The van der Waals surface area contributed by atoms with Gasteiger partial charge in [-0.25, -0.2) is 4.98 Å². The van der Waals surface area contributed by atoms with Crippen molar-refractivity contribution in [2.45, 2.75) is 0 Å². The van der Waals surface area contributed by atoms with Gasteiger partial charge in [-0.2, -0.15) is 0 Å². The van der Waals surface area contributed by atoms with Gasteiger partial charge in [0, 0.05) is 19.3 Å². The molecular weight excluding hydrogens is 326 g/mol. The molecule has 2 heterocycles. The number of nitrogens with zero attached hydrogens (tertiary/aromatic N) is 2. The van der Waals surface area contributed by atoms with Crippen LogP contribution in [0.1, 0.15) is 0 Å². The molecule has 2 N–H and O–H groups in total. The third kappa shape index (κ3) is 2.26. The molecular formula is C9H11Br2N3O. The highest BCUT2D eigenvalue weighted by Gasteiger charge is 2.17. The zero-order chi connectivity index (χ0) is 10.8. The molecule has 1 aromatic rings. The van der Waals surface area contributed by atoms with Gasteiger partial charge in [0.25, 0.3) is 0 Å². The Morgan fingerprint density at radius 3 is 2.67 bits per heavy atom. The Balaban J connectivity index is 2.31. The van der Waals surface area contributed by atoms with Crippen molar-refractivity contribution in [1.82, 2.24) is 4.98 Å².